The van der Waals surface area contributed by atoms with Gasteiger partial charge in [0.15, 0.2) is 0 Å². The maximum absolute atomic E-state index is 13.2. The Hall–Kier alpha value is -0.800. The molecule has 1 N–H and O–H groups in total. The van der Waals surface area contributed by atoms with E-state index in [0.29, 0.717) is 6.04 Å². The predicted octanol–water partition coefficient (Wildman–Crippen LogP) is 3.06. The van der Waals surface area contributed by atoms with E-state index in [1.54, 1.807) is 12.1 Å². The minimum Gasteiger partial charge on any atom is -0.366 e. The van der Waals surface area contributed by atoms with E-state index in [4.69, 9.17) is 11.6 Å². The van der Waals surface area contributed by atoms with E-state index in [1.807, 2.05) is 0 Å². The fourth-order valence-corrected chi connectivity index (χ4v) is 2.36. The third-order valence-corrected chi connectivity index (χ3v) is 3.50. The molecule has 2 nitrogen and oxygen atoms in total. The summed E-state index contributed by atoms with van der Waals surface area (Å²) in [5.41, 5.74) is 1.05. The van der Waals surface area contributed by atoms with Crippen LogP contribution >= 0.6 is 11.6 Å². The number of nitrogens with zero attached hydrogens (tertiary/aromatic N) is 1. The highest BCUT2D eigenvalue weighted by Gasteiger charge is 2.30. The van der Waals surface area contributed by atoms with Gasteiger partial charge in [-0.2, -0.15) is 0 Å². The van der Waals surface area contributed by atoms with Crippen molar-refractivity contribution in [3.05, 3.63) is 29.0 Å². The maximum atomic E-state index is 13.2. The molecule has 2 rings (SSSR count). The van der Waals surface area contributed by atoms with Gasteiger partial charge in [0.05, 0.1) is 5.02 Å². The summed E-state index contributed by atoms with van der Waals surface area (Å²) < 4.78 is 13.2. The third kappa shape index (κ3) is 2.72. The van der Waals surface area contributed by atoms with Gasteiger partial charge in [0.1, 0.15) is 5.82 Å². The van der Waals surface area contributed by atoms with Crippen LogP contribution in [-0.4, -0.2) is 24.7 Å². The van der Waals surface area contributed by atoms with Crippen LogP contribution in [0.1, 0.15) is 20.8 Å². The van der Waals surface area contributed by atoms with Gasteiger partial charge in [-0.05, 0) is 39.0 Å². The molecule has 1 aromatic carbocycles. The molecular formula is C13H18ClFN2. The van der Waals surface area contributed by atoms with Gasteiger partial charge in [0.25, 0.3) is 0 Å². The van der Waals surface area contributed by atoms with Crippen LogP contribution in [0.2, 0.25) is 5.02 Å². The van der Waals surface area contributed by atoms with Crippen molar-refractivity contribution in [3.63, 3.8) is 0 Å². The van der Waals surface area contributed by atoms with Crippen LogP contribution in [0.5, 0.6) is 0 Å². The molecule has 1 saturated heterocycles. The number of hydrogen-bond donors (Lipinski definition) is 1. The Morgan fingerprint density at radius 3 is 2.82 bits per heavy atom. The van der Waals surface area contributed by atoms with Crippen molar-refractivity contribution >= 4 is 17.3 Å². The Labute approximate surface area is 107 Å². The zero-order chi connectivity index (χ0) is 12.6. The Morgan fingerprint density at radius 2 is 2.18 bits per heavy atom. The van der Waals surface area contributed by atoms with E-state index in [9.17, 15) is 4.39 Å². The number of piperazine rings is 1. The van der Waals surface area contributed by atoms with Crippen LogP contribution in [0.4, 0.5) is 10.1 Å². The molecule has 1 atom stereocenters. The molecule has 1 aliphatic rings. The second-order valence-corrected chi connectivity index (χ2v) is 5.75. The summed E-state index contributed by atoms with van der Waals surface area (Å²) >= 11 is 5.83. The smallest absolute Gasteiger partial charge is 0.141 e. The summed E-state index contributed by atoms with van der Waals surface area (Å²) in [7, 11) is 0. The van der Waals surface area contributed by atoms with Crippen LogP contribution in [0.25, 0.3) is 0 Å². The van der Waals surface area contributed by atoms with Crippen molar-refractivity contribution in [2.75, 3.05) is 18.0 Å². The molecule has 17 heavy (non-hydrogen) atoms. The molecule has 1 aromatic rings. The van der Waals surface area contributed by atoms with Gasteiger partial charge in [0.2, 0.25) is 0 Å². The first-order valence-electron chi connectivity index (χ1n) is 5.86. The van der Waals surface area contributed by atoms with Gasteiger partial charge in [-0.25, -0.2) is 4.39 Å². The standard InChI is InChI=1S/C13H18ClFN2/c1-9-7-16-13(2,3)8-17(9)10-4-5-12(15)11(14)6-10/h4-6,9,16H,7-8H2,1-3H3. The normalized spacial score (nSPS) is 23.8. The largest absolute Gasteiger partial charge is 0.366 e. The molecule has 0 radical (unpaired) electrons. The first-order valence-corrected chi connectivity index (χ1v) is 6.23. The van der Waals surface area contributed by atoms with Crippen LogP contribution in [0.3, 0.4) is 0 Å². The lowest BCUT2D eigenvalue weighted by molar-refractivity contribution is 0.318. The molecule has 0 bridgehead atoms. The summed E-state index contributed by atoms with van der Waals surface area (Å²) in [6, 6.07) is 5.30. The van der Waals surface area contributed by atoms with E-state index in [1.165, 1.54) is 6.07 Å². The molecular weight excluding hydrogens is 239 g/mol. The molecule has 94 valence electrons. The summed E-state index contributed by atoms with van der Waals surface area (Å²) in [6.45, 7) is 8.28. The topological polar surface area (TPSA) is 15.3 Å². The van der Waals surface area contributed by atoms with E-state index in [0.717, 1.165) is 18.8 Å². The number of rotatable bonds is 1. The third-order valence-electron chi connectivity index (χ3n) is 3.21. The van der Waals surface area contributed by atoms with Gasteiger partial charge < -0.3 is 10.2 Å². The number of halogens is 2. The van der Waals surface area contributed by atoms with Crippen LogP contribution < -0.4 is 10.2 Å². The maximum Gasteiger partial charge on any atom is 0.141 e. The second kappa shape index (κ2) is 4.46. The van der Waals surface area contributed by atoms with Crippen molar-refractivity contribution in [1.82, 2.24) is 5.32 Å². The summed E-state index contributed by atoms with van der Waals surface area (Å²) in [6.07, 6.45) is 0. The number of hydrogen-bond acceptors (Lipinski definition) is 2. The molecule has 0 amide bonds. The Kier molecular flexibility index (Phi) is 3.32. The number of anilines is 1. The van der Waals surface area contributed by atoms with Gasteiger partial charge >= 0.3 is 0 Å². The highest BCUT2D eigenvalue weighted by atomic mass is 35.5. The zero-order valence-corrected chi connectivity index (χ0v) is 11.2. The highest BCUT2D eigenvalue weighted by Crippen LogP contribution is 2.27. The fourth-order valence-electron chi connectivity index (χ4n) is 2.18. The lowest BCUT2D eigenvalue weighted by Gasteiger charge is -2.44. The fraction of sp³-hybridized carbons (Fsp3) is 0.538. The molecule has 1 fully saturated rings. The molecule has 1 heterocycles. The minimum absolute atomic E-state index is 0.0629. The Bertz CT molecular complexity index is 420. The van der Waals surface area contributed by atoms with Gasteiger partial charge in [-0.3, -0.25) is 0 Å². The van der Waals surface area contributed by atoms with Gasteiger partial charge in [-0.15, -0.1) is 0 Å². The summed E-state index contributed by atoms with van der Waals surface area (Å²) in [5, 5.41) is 3.67. The van der Waals surface area contributed by atoms with Crippen molar-refractivity contribution in [3.8, 4) is 0 Å². The lowest BCUT2D eigenvalue weighted by atomic mass is 9.98. The lowest BCUT2D eigenvalue weighted by Crippen LogP contribution is -2.61. The average molecular weight is 257 g/mol. The van der Waals surface area contributed by atoms with E-state index >= 15 is 0 Å². The summed E-state index contributed by atoms with van der Waals surface area (Å²) in [5.74, 6) is -0.363. The zero-order valence-electron chi connectivity index (χ0n) is 10.4. The molecule has 1 aliphatic heterocycles. The predicted molar refractivity (Wildman–Crippen MR) is 70.3 cm³/mol. The average Bonchev–Trinajstić information content (AvgIpc) is 2.26. The Balaban J connectivity index is 2.28. The monoisotopic (exact) mass is 256 g/mol. The van der Waals surface area contributed by atoms with E-state index in [2.05, 4.69) is 31.0 Å². The van der Waals surface area contributed by atoms with Crippen LogP contribution in [-0.2, 0) is 0 Å². The van der Waals surface area contributed by atoms with Crippen molar-refractivity contribution in [2.24, 2.45) is 0 Å². The Morgan fingerprint density at radius 1 is 1.47 bits per heavy atom. The molecule has 0 spiro atoms. The van der Waals surface area contributed by atoms with Crippen molar-refractivity contribution < 1.29 is 4.39 Å². The number of nitrogens with one attached hydrogen (secondary N) is 1. The molecule has 0 aromatic heterocycles. The first-order chi connectivity index (χ1) is 7.89. The SMILES string of the molecule is CC1CNC(C)(C)CN1c1ccc(F)c(Cl)c1. The highest BCUT2D eigenvalue weighted by molar-refractivity contribution is 6.31. The second-order valence-electron chi connectivity index (χ2n) is 5.34. The van der Waals surface area contributed by atoms with Crippen LogP contribution in [0.15, 0.2) is 18.2 Å². The molecule has 4 heteroatoms. The summed E-state index contributed by atoms with van der Waals surface area (Å²) in [4.78, 5) is 2.27. The van der Waals surface area contributed by atoms with E-state index < -0.39 is 0 Å². The van der Waals surface area contributed by atoms with Crippen LogP contribution in [0, 0.1) is 5.82 Å². The molecule has 1 unspecified atom stereocenters. The first kappa shape index (κ1) is 12.7. The number of benzene rings is 1. The van der Waals surface area contributed by atoms with Crippen molar-refractivity contribution in [2.45, 2.75) is 32.4 Å². The van der Waals surface area contributed by atoms with Gasteiger partial charge in [-0.1, -0.05) is 11.6 Å². The molecule has 0 saturated carbocycles. The minimum atomic E-state index is -0.363. The van der Waals surface area contributed by atoms with Crippen molar-refractivity contribution in [1.29, 1.82) is 0 Å². The quantitative estimate of drug-likeness (QED) is 0.831. The molecule has 0 aliphatic carbocycles. The van der Waals surface area contributed by atoms with Gasteiger partial charge in [0, 0.05) is 30.4 Å². The van der Waals surface area contributed by atoms with E-state index in [-0.39, 0.29) is 16.4 Å².